The van der Waals surface area contributed by atoms with E-state index in [1.54, 1.807) is 0 Å². The lowest BCUT2D eigenvalue weighted by Crippen LogP contribution is -2.34. The molecule has 1 amide bonds. The Morgan fingerprint density at radius 1 is 1.60 bits per heavy atom. The first kappa shape index (κ1) is 15.0. The van der Waals surface area contributed by atoms with Crippen LogP contribution in [0.25, 0.3) is 0 Å². The molecule has 1 aliphatic heterocycles. The molecule has 2 atom stereocenters. The number of amides is 1. The molecule has 1 aromatic heterocycles. The second-order valence-corrected chi connectivity index (χ2v) is 5.75. The van der Waals surface area contributed by atoms with E-state index >= 15 is 0 Å². The Kier molecular flexibility index (Phi) is 5.17. The van der Waals surface area contributed by atoms with Crippen molar-refractivity contribution in [2.75, 3.05) is 18.4 Å². The summed E-state index contributed by atoms with van der Waals surface area (Å²) < 4.78 is 5.13. The highest BCUT2D eigenvalue weighted by Crippen LogP contribution is 2.25. The van der Waals surface area contributed by atoms with Crippen molar-refractivity contribution < 1.29 is 9.32 Å². The van der Waals surface area contributed by atoms with Crippen LogP contribution in [-0.2, 0) is 11.2 Å². The number of hydrogen-bond acceptors (Lipinski definition) is 4. The maximum atomic E-state index is 12.2. The summed E-state index contributed by atoms with van der Waals surface area (Å²) in [6.07, 6.45) is 3.74. The highest BCUT2D eigenvalue weighted by Gasteiger charge is 2.23. The molecule has 112 valence electrons. The summed E-state index contributed by atoms with van der Waals surface area (Å²) in [6, 6.07) is 0. The van der Waals surface area contributed by atoms with Gasteiger partial charge in [-0.2, -0.15) is 0 Å². The topological polar surface area (TPSA) is 67.2 Å². The van der Waals surface area contributed by atoms with E-state index in [-0.39, 0.29) is 5.91 Å². The minimum Gasteiger partial charge on any atom is -0.359 e. The molecule has 0 bridgehead atoms. The standard InChI is InChI=1S/C15H25N3O2/c1-4-13-15(11(3)20-18-13)17-14(19)8-10(2)12-6-5-7-16-9-12/h10,12,16H,4-9H2,1-3H3,(H,17,19)/t10-,12-/m1/s1. The molecule has 0 saturated carbocycles. The molecule has 20 heavy (non-hydrogen) atoms. The van der Waals surface area contributed by atoms with Crippen LogP contribution >= 0.6 is 0 Å². The van der Waals surface area contributed by atoms with E-state index in [9.17, 15) is 4.79 Å². The third-order valence-electron chi connectivity index (χ3n) is 4.18. The molecule has 0 radical (unpaired) electrons. The monoisotopic (exact) mass is 279 g/mol. The smallest absolute Gasteiger partial charge is 0.224 e. The van der Waals surface area contributed by atoms with E-state index < -0.39 is 0 Å². The third-order valence-corrected chi connectivity index (χ3v) is 4.18. The van der Waals surface area contributed by atoms with Gasteiger partial charge in [0.1, 0.15) is 11.4 Å². The Labute approximate surface area is 120 Å². The molecule has 1 aromatic rings. The number of hydrogen-bond donors (Lipinski definition) is 2. The van der Waals surface area contributed by atoms with E-state index in [1.165, 1.54) is 12.8 Å². The van der Waals surface area contributed by atoms with E-state index in [0.717, 1.165) is 30.9 Å². The SMILES string of the molecule is CCc1noc(C)c1NC(=O)C[C@@H](C)[C@@H]1CCCNC1. The molecule has 2 heterocycles. The van der Waals surface area contributed by atoms with Crippen molar-refractivity contribution in [3.05, 3.63) is 11.5 Å². The van der Waals surface area contributed by atoms with Crippen molar-refractivity contribution in [1.82, 2.24) is 10.5 Å². The van der Waals surface area contributed by atoms with E-state index in [2.05, 4.69) is 22.7 Å². The van der Waals surface area contributed by atoms with Gasteiger partial charge in [0, 0.05) is 6.42 Å². The zero-order valence-corrected chi connectivity index (χ0v) is 12.7. The van der Waals surface area contributed by atoms with Gasteiger partial charge in [0.25, 0.3) is 0 Å². The maximum Gasteiger partial charge on any atom is 0.224 e. The van der Waals surface area contributed by atoms with Crippen molar-refractivity contribution in [2.24, 2.45) is 11.8 Å². The molecule has 0 aliphatic carbocycles. The van der Waals surface area contributed by atoms with Crippen LogP contribution in [0.3, 0.4) is 0 Å². The molecule has 0 unspecified atom stereocenters. The number of piperidine rings is 1. The molecule has 1 fully saturated rings. The van der Waals surface area contributed by atoms with Gasteiger partial charge >= 0.3 is 0 Å². The molecule has 1 aliphatic rings. The van der Waals surface area contributed by atoms with Crippen molar-refractivity contribution in [3.63, 3.8) is 0 Å². The number of rotatable bonds is 5. The Hall–Kier alpha value is -1.36. The summed E-state index contributed by atoms with van der Waals surface area (Å²) in [4.78, 5) is 12.2. The Morgan fingerprint density at radius 3 is 3.05 bits per heavy atom. The lowest BCUT2D eigenvalue weighted by atomic mass is 9.85. The Morgan fingerprint density at radius 2 is 2.40 bits per heavy atom. The molecular weight excluding hydrogens is 254 g/mol. The quantitative estimate of drug-likeness (QED) is 0.869. The minimum atomic E-state index is 0.0593. The van der Waals surface area contributed by atoms with Gasteiger partial charge in [-0.05, 0) is 51.1 Å². The first-order valence-electron chi connectivity index (χ1n) is 7.57. The zero-order chi connectivity index (χ0) is 14.5. The molecule has 0 spiro atoms. The van der Waals surface area contributed by atoms with Gasteiger partial charge in [0.15, 0.2) is 5.76 Å². The summed E-state index contributed by atoms with van der Waals surface area (Å²) in [6.45, 7) is 8.13. The number of aromatic nitrogens is 1. The number of carbonyl (C=O) groups excluding carboxylic acids is 1. The van der Waals surface area contributed by atoms with Crippen LogP contribution < -0.4 is 10.6 Å². The van der Waals surface area contributed by atoms with Crippen LogP contribution in [0.4, 0.5) is 5.69 Å². The van der Waals surface area contributed by atoms with Gasteiger partial charge in [-0.3, -0.25) is 4.79 Å². The van der Waals surface area contributed by atoms with E-state index in [4.69, 9.17) is 4.52 Å². The maximum absolute atomic E-state index is 12.2. The van der Waals surface area contributed by atoms with Crippen LogP contribution in [0.15, 0.2) is 4.52 Å². The highest BCUT2D eigenvalue weighted by atomic mass is 16.5. The Bertz CT molecular complexity index is 450. The fraction of sp³-hybridized carbons (Fsp3) is 0.733. The van der Waals surface area contributed by atoms with Crippen LogP contribution in [0, 0.1) is 18.8 Å². The van der Waals surface area contributed by atoms with Crippen LogP contribution in [0.1, 0.15) is 44.6 Å². The van der Waals surface area contributed by atoms with Gasteiger partial charge < -0.3 is 15.2 Å². The summed E-state index contributed by atoms with van der Waals surface area (Å²) in [5, 5.41) is 10.3. The fourth-order valence-corrected chi connectivity index (χ4v) is 2.83. The van der Waals surface area contributed by atoms with E-state index in [1.807, 2.05) is 13.8 Å². The molecule has 2 N–H and O–H groups in total. The minimum absolute atomic E-state index is 0.0593. The van der Waals surface area contributed by atoms with Crippen LogP contribution in [-0.4, -0.2) is 24.2 Å². The normalized spacial score (nSPS) is 20.6. The van der Waals surface area contributed by atoms with Crippen molar-refractivity contribution in [2.45, 2.75) is 46.5 Å². The number of nitrogens with zero attached hydrogens (tertiary/aromatic N) is 1. The molecule has 1 saturated heterocycles. The average Bonchev–Trinajstić information content (AvgIpc) is 2.80. The number of carbonyl (C=O) groups is 1. The van der Waals surface area contributed by atoms with Crippen molar-refractivity contribution >= 4 is 11.6 Å². The van der Waals surface area contributed by atoms with Gasteiger partial charge in [-0.1, -0.05) is 19.0 Å². The summed E-state index contributed by atoms with van der Waals surface area (Å²) in [7, 11) is 0. The van der Waals surface area contributed by atoms with Crippen LogP contribution in [0.5, 0.6) is 0 Å². The van der Waals surface area contributed by atoms with Crippen molar-refractivity contribution in [1.29, 1.82) is 0 Å². The van der Waals surface area contributed by atoms with Gasteiger partial charge in [0.2, 0.25) is 5.91 Å². The first-order valence-corrected chi connectivity index (χ1v) is 7.57. The average molecular weight is 279 g/mol. The van der Waals surface area contributed by atoms with Crippen LogP contribution in [0.2, 0.25) is 0 Å². The predicted octanol–water partition coefficient (Wildman–Crippen LogP) is 2.51. The summed E-state index contributed by atoms with van der Waals surface area (Å²) in [5.41, 5.74) is 1.58. The molecule has 2 rings (SSSR count). The second-order valence-electron chi connectivity index (χ2n) is 5.75. The number of aryl methyl sites for hydroxylation is 2. The first-order chi connectivity index (χ1) is 9.61. The zero-order valence-electron chi connectivity index (χ0n) is 12.7. The predicted molar refractivity (Wildman–Crippen MR) is 78.6 cm³/mol. The molecule has 5 heteroatoms. The number of anilines is 1. The highest BCUT2D eigenvalue weighted by molar-refractivity contribution is 5.91. The van der Waals surface area contributed by atoms with E-state index in [0.29, 0.717) is 24.0 Å². The lowest BCUT2D eigenvalue weighted by molar-refractivity contribution is -0.117. The second kappa shape index (κ2) is 6.88. The number of nitrogens with one attached hydrogen (secondary N) is 2. The fourth-order valence-electron chi connectivity index (χ4n) is 2.83. The third kappa shape index (κ3) is 3.60. The Balaban J connectivity index is 1.89. The van der Waals surface area contributed by atoms with Gasteiger partial charge in [0.05, 0.1) is 0 Å². The van der Waals surface area contributed by atoms with Crippen molar-refractivity contribution in [3.8, 4) is 0 Å². The summed E-state index contributed by atoms with van der Waals surface area (Å²) >= 11 is 0. The molecule has 5 nitrogen and oxygen atoms in total. The molecular formula is C15H25N3O2. The lowest BCUT2D eigenvalue weighted by Gasteiger charge is -2.28. The largest absolute Gasteiger partial charge is 0.359 e. The molecule has 0 aromatic carbocycles. The van der Waals surface area contributed by atoms with Gasteiger partial charge in [-0.15, -0.1) is 0 Å². The summed E-state index contributed by atoms with van der Waals surface area (Å²) in [5.74, 6) is 1.74. The van der Waals surface area contributed by atoms with Gasteiger partial charge in [-0.25, -0.2) is 0 Å².